The highest BCUT2D eigenvalue weighted by Gasteiger charge is 2.18. The fraction of sp³-hybridized carbons (Fsp3) is 0.0870. The molecule has 0 aliphatic heterocycles. The first kappa shape index (κ1) is 20.9. The summed E-state index contributed by atoms with van der Waals surface area (Å²) in [5.74, 6) is 0.417. The van der Waals surface area contributed by atoms with Crippen LogP contribution in [0.1, 0.15) is 16.1 Å². The first-order chi connectivity index (χ1) is 15.0. The number of halogens is 2. The molecule has 156 valence electrons. The molecule has 2 heterocycles. The smallest absolute Gasteiger partial charge is 0.270 e. The van der Waals surface area contributed by atoms with Gasteiger partial charge in [-0.05, 0) is 48.0 Å². The summed E-state index contributed by atoms with van der Waals surface area (Å²) >= 11 is 12.3. The molecule has 2 aromatic carbocycles. The van der Waals surface area contributed by atoms with Crippen molar-refractivity contribution in [3.63, 3.8) is 0 Å². The molecule has 2 aromatic heterocycles. The summed E-state index contributed by atoms with van der Waals surface area (Å²) in [6.45, 7) is 0.341. The number of carbonyl (C=O) groups is 1. The van der Waals surface area contributed by atoms with Gasteiger partial charge in [-0.1, -0.05) is 41.4 Å². The van der Waals surface area contributed by atoms with Crippen molar-refractivity contribution in [2.75, 3.05) is 7.11 Å². The largest absolute Gasteiger partial charge is 0.497 e. The number of benzene rings is 2. The minimum Gasteiger partial charge on any atom is -0.497 e. The Balaban J connectivity index is 1.73. The normalized spacial score (nSPS) is 10.7. The molecule has 8 heteroatoms. The fourth-order valence-electron chi connectivity index (χ4n) is 3.06. The number of aromatic nitrogens is 3. The fourth-order valence-corrected chi connectivity index (χ4v) is 3.35. The van der Waals surface area contributed by atoms with Gasteiger partial charge < -0.3 is 10.1 Å². The molecule has 0 unspecified atom stereocenters. The molecule has 0 radical (unpaired) electrons. The zero-order valence-electron chi connectivity index (χ0n) is 16.5. The van der Waals surface area contributed by atoms with Crippen LogP contribution in [-0.2, 0) is 6.54 Å². The number of hydrogen-bond acceptors (Lipinski definition) is 4. The van der Waals surface area contributed by atoms with Crippen LogP contribution < -0.4 is 10.1 Å². The number of hydrogen-bond donors (Lipinski definition) is 1. The lowest BCUT2D eigenvalue weighted by Crippen LogP contribution is -2.25. The van der Waals surface area contributed by atoms with E-state index in [1.807, 2.05) is 36.4 Å². The summed E-state index contributed by atoms with van der Waals surface area (Å²) < 4.78 is 6.86. The summed E-state index contributed by atoms with van der Waals surface area (Å²) in [5, 5.41) is 8.37. The number of carbonyl (C=O) groups excluding carboxylic acids is 1. The molecule has 0 fully saturated rings. The Kier molecular flexibility index (Phi) is 6.21. The van der Waals surface area contributed by atoms with Crippen molar-refractivity contribution < 1.29 is 9.53 Å². The Morgan fingerprint density at radius 1 is 1.06 bits per heavy atom. The van der Waals surface area contributed by atoms with E-state index in [-0.39, 0.29) is 5.91 Å². The number of pyridine rings is 1. The van der Waals surface area contributed by atoms with Gasteiger partial charge in [0, 0.05) is 24.5 Å². The molecule has 0 saturated heterocycles. The number of nitrogens with zero attached hydrogens (tertiary/aromatic N) is 3. The first-order valence-corrected chi connectivity index (χ1v) is 10.2. The van der Waals surface area contributed by atoms with Gasteiger partial charge >= 0.3 is 0 Å². The summed E-state index contributed by atoms with van der Waals surface area (Å²) in [6.07, 6.45) is 3.39. The Morgan fingerprint density at radius 3 is 2.68 bits per heavy atom. The van der Waals surface area contributed by atoms with Crippen LogP contribution in [-0.4, -0.2) is 27.8 Å². The van der Waals surface area contributed by atoms with E-state index in [2.05, 4.69) is 15.4 Å². The highest BCUT2D eigenvalue weighted by Crippen LogP contribution is 2.28. The van der Waals surface area contributed by atoms with E-state index in [0.29, 0.717) is 39.4 Å². The van der Waals surface area contributed by atoms with Crippen LogP contribution in [0.4, 0.5) is 0 Å². The van der Waals surface area contributed by atoms with E-state index in [9.17, 15) is 4.79 Å². The topological polar surface area (TPSA) is 69.0 Å². The number of methoxy groups -OCH3 is 1. The van der Waals surface area contributed by atoms with Gasteiger partial charge in [0.25, 0.3) is 5.91 Å². The molecule has 0 saturated carbocycles. The van der Waals surface area contributed by atoms with E-state index in [4.69, 9.17) is 27.9 Å². The van der Waals surface area contributed by atoms with Crippen molar-refractivity contribution in [2.45, 2.75) is 6.54 Å². The lowest BCUT2D eigenvalue weighted by molar-refractivity contribution is 0.0943. The van der Waals surface area contributed by atoms with Crippen molar-refractivity contribution >= 4 is 29.1 Å². The van der Waals surface area contributed by atoms with E-state index >= 15 is 0 Å². The lowest BCUT2D eigenvalue weighted by atomic mass is 10.1. The Morgan fingerprint density at radius 2 is 1.94 bits per heavy atom. The van der Waals surface area contributed by atoms with Crippen molar-refractivity contribution in [3.8, 4) is 22.7 Å². The third kappa shape index (κ3) is 4.71. The molecule has 6 nitrogen and oxygen atoms in total. The molecule has 0 aliphatic carbocycles. The van der Waals surface area contributed by atoms with Crippen molar-refractivity contribution in [1.82, 2.24) is 20.1 Å². The van der Waals surface area contributed by atoms with Crippen molar-refractivity contribution in [2.24, 2.45) is 0 Å². The van der Waals surface area contributed by atoms with Crippen LogP contribution in [0.15, 0.2) is 73.1 Å². The number of ether oxygens (including phenoxy) is 1. The standard InChI is InChI=1S/C23H18Cl2N4O2/c1-31-18-6-2-5-16(10-18)21-12-22(23(30)27-14-15-4-3-9-26-13-15)29(28-21)17-7-8-19(24)20(25)11-17/h2-13H,14H2,1H3,(H,27,30). The monoisotopic (exact) mass is 452 g/mol. The van der Waals surface area contributed by atoms with E-state index < -0.39 is 0 Å². The maximum atomic E-state index is 13.1. The summed E-state index contributed by atoms with van der Waals surface area (Å²) in [4.78, 5) is 17.1. The minimum absolute atomic E-state index is 0.281. The van der Waals surface area contributed by atoms with Gasteiger partial charge in [-0.3, -0.25) is 9.78 Å². The van der Waals surface area contributed by atoms with Crippen LogP contribution in [0.5, 0.6) is 5.75 Å². The van der Waals surface area contributed by atoms with E-state index in [0.717, 1.165) is 11.1 Å². The minimum atomic E-state index is -0.281. The molecule has 0 aliphatic rings. The third-order valence-electron chi connectivity index (χ3n) is 4.63. The SMILES string of the molecule is COc1cccc(-c2cc(C(=O)NCc3cccnc3)n(-c3ccc(Cl)c(Cl)c3)n2)c1. The molecule has 1 N–H and O–H groups in total. The highest BCUT2D eigenvalue weighted by atomic mass is 35.5. The third-order valence-corrected chi connectivity index (χ3v) is 5.37. The first-order valence-electron chi connectivity index (χ1n) is 9.42. The number of rotatable bonds is 6. The molecule has 4 rings (SSSR count). The summed E-state index contributed by atoms with van der Waals surface area (Å²) in [7, 11) is 1.60. The molecule has 0 bridgehead atoms. The van der Waals surface area contributed by atoms with Gasteiger partial charge in [0.1, 0.15) is 11.4 Å². The van der Waals surface area contributed by atoms with Crippen LogP contribution in [0.2, 0.25) is 10.0 Å². The molecule has 31 heavy (non-hydrogen) atoms. The van der Waals surface area contributed by atoms with Crippen LogP contribution in [0.3, 0.4) is 0 Å². The zero-order chi connectivity index (χ0) is 21.8. The van der Waals surface area contributed by atoms with Gasteiger partial charge in [0.2, 0.25) is 0 Å². The Labute approximate surface area is 189 Å². The second kappa shape index (κ2) is 9.20. The van der Waals surface area contributed by atoms with Gasteiger partial charge in [0.05, 0.1) is 28.5 Å². The average molecular weight is 453 g/mol. The summed E-state index contributed by atoms with van der Waals surface area (Å²) in [5.41, 5.74) is 3.32. The van der Waals surface area contributed by atoms with Gasteiger partial charge in [0.15, 0.2) is 0 Å². The number of nitrogens with one attached hydrogen (secondary N) is 1. The van der Waals surface area contributed by atoms with Crippen LogP contribution >= 0.6 is 23.2 Å². The number of amides is 1. The molecular weight excluding hydrogens is 435 g/mol. The second-order valence-corrected chi connectivity index (χ2v) is 7.52. The maximum absolute atomic E-state index is 13.1. The van der Waals surface area contributed by atoms with Gasteiger partial charge in [-0.25, -0.2) is 4.68 Å². The maximum Gasteiger partial charge on any atom is 0.270 e. The van der Waals surface area contributed by atoms with Crippen LogP contribution in [0, 0.1) is 0 Å². The van der Waals surface area contributed by atoms with Crippen molar-refractivity contribution in [1.29, 1.82) is 0 Å². The molecule has 1 amide bonds. The van der Waals surface area contributed by atoms with Crippen molar-refractivity contribution in [3.05, 3.63) is 94.4 Å². The Bertz CT molecular complexity index is 1230. The second-order valence-electron chi connectivity index (χ2n) is 6.70. The van der Waals surface area contributed by atoms with E-state index in [1.54, 1.807) is 48.5 Å². The molecular formula is C23H18Cl2N4O2. The van der Waals surface area contributed by atoms with Gasteiger partial charge in [-0.15, -0.1) is 0 Å². The Hall–Kier alpha value is -3.35. The molecule has 0 spiro atoms. The lowest BCUT2D eigenvalue weighted by Gasteiger charge is -2.09. The summed E-state index contributed by atoms with van der Waals surface area (Å²) in [6, 6.07) is 18.0. The quantitative estimate of drug-likeness (QED) is 0.437. The van der Waals surface area contributed by atoms with Crippen LogP contribution in [0.25, 0.3) is 16.9 Å². The molecule has 0 atom stereocenters. The predicted molar refractivity (Wildman–Crippen MR) is 121 cm³/mol. The van der Waals surface area contributed by atoms with E-state index in [1.165, 1.54) is 0 Å². The average Bonchev–Trinajstić information content (AvgIpc) is 3.26. The van der Waals surface area contributed by atoms with Gasteiger partial charge in [-0.2, -0.15) is 5.10 Å². The highest BCUT2D eigenvalue weighted by molar-refractivity contribution is 6.42. The predicted octanol–water partition coefficient (Wildman–Crippen LogP) is 5.18. The zero-order valence-corrected chi connectivity index (χ0v) is 18.1. The molecule has 4 aromatic rings.